The van der Waals surface area contributed by atoms with Gasteiger partial charge >= 0.3 is 5.97 Å². The molecule has 0 saturated heterocycles. The van der Waals surface area contributed by atoms with E-state index in [1.165, 1.54) is 11.3 Å². The van der Waals surface area contributed by atoms with Crippen LogP contribution in [-0.4, -0.2) is 20.6 Å². The third-order valence-electron chi connectivity index (χ3n) is 3.60. The quantitative estimate of drug-likeness (QED) is 0.783. The molecule has 3 rings (SSSR count). The van der Waals surface area contributed by atoms with Crippen LogP contribution in [0, 0.1) is 13.8 Å². The standard InChI is InChI=1S/C15H14N2O2S/c1-8-13(15(18)19)20-14(16-8)12-9(2)17(3)11-7-5-4-6-10(11)12/h4-7H,1-3H3,(H,18,19). The number of hydrogen-bond acceptors (Lipinski definition) is 3. The lowest BCUT2D eigenvalue weighted by Gasteiger charge is -1.98. The minimum atomic E-state index is -0.913. The number of thiazole rings is 1. The molecule has 0 atom stereocenters. The molecule has 5 heteroatoms. The predicted octanol–water partition coefficient (Wildman–Crippen LogP) is 3.62. The van der Waals surface area contributed by atoms with Crippen LogP contribution in [0.3, 0.4) is 0 Å². The zero-order valence-corrected chi connectivity index (χ0v) is 12.3. The number of aromatic nitrogens is 2. The largest absolute Gasteiger partial charge is 0.477 e. The number of hydrogen-bond donors (Lipinski definition) is 1. The molecule has 0 aliphatic heterocycles. The van der Waals surface area contributed by atoms with Crippen LogP contribution < -0.4 is 0 Å². The topological polar surface area (TPSA) is 55.1 Å². The molecule has 1 aromatic carbocycles. The summed E-state index contributed by atoms with van der Waals surface area (Å²) < 4.78 is 2.11. The summed E-state index contributed by atoms with van der Waals surface area (Å²) in [5.41, 5.74) is 3.83. The highest BCUT2D eigenvalue weighted by molar-refractivity contribution is 7.17. The van der Waals surface area contributed by atoms with E-state index >= 15 is 0 Å². The maximum absolute atomic E-state index is 11.2. The first kappa shape index (κ1) is 12.9. The molecule has 0 aliphatic carbocycles. The first-order valence-electron chi connectivity index (χ1n) is 6.25. The highest BCUT2D eigenvalue weighted by Gasteiger charge is 2.20. The van der Waals surface area contributed by atoms with Crippen LogP contribution in [0.2, 0.25) is 0 Å². The molecule has 4 nitrogen and oxygen atoms in total. The monoisotopic (exact) mass is 286 g/mol. The highest BCUT2D eigenvalue weighted by Crippen LogP contribution is 2.37. The zero-order chi connectivity index (χ0) is 14.4. The minimum absolute atomic E-state index is 0.312. The molecular weight excluding hydrogens is 272 g/mol. The predicted molar refractivity (Wildman–Crippen MR) is 80.5 cm³/mol. The van der Waals surface area contributed by atoms with Crippen LogP contribution in [0.1, 0.15) is 21.1 Å². The van der Waals surface area contributed by atoms with E-state index in [0.29, 0.717) is 10.6 Å². The van der Waals surface area contributed by atoms with Crippen LogP contribution in [0.4, 0.5) is 0 Å². The van der Waals surface area contributed by atoms with Crippen molar-refractivity contribution in [3.8, 4) is 10.6 Å². The van der Waals surface area contributed by atoms with Crippen molar-refractivity contribution in [2.75, 3.05) is 0 Å². The lowest BCUT2D eigenvalue weighted by molar-refractivity contribution is 0.0701. The Balaban J connectivity index is 2.32. The molecule has 0 bridgehead atoms. The van der Waals surface area contributed by atoms with Gasteiger partial charge in [-0.15, -0.1) is 11.3 Å². The molecule has 0 saturated carbocycles. The lowest BCUT2D eigenvalue weighted by Crippen LogP contribution is -1.94. The van der Waals surface area contributed by atoms with Gasteiger partial charge < -0.3 is 9.67 Å². The van der Waals surface area contributed by atoms with Crippen molar-refractivity contribution in [3.05, 3.63) is 40.5 Å². The molecule has 2 heterocycles. The summed E-state index contributed by atoms with van der Waals surface area (Å²) in [6.45, 7) is 3.77. The Morgan fingerprint density at radius 1 is 1.30 bits per heavy atom. The summed E-state index contributed by atoms with van der Waals surface area (Å²) >= 11 is 1.24. The average molecular weight is 286 g/mol. The molecular formula is C15H14N2O2S. The second kappa shape index (κ2) is 4.45. The molecule has 0 spiro atoms. The molecule has 0 radical (unpaired) electrons. The van der Waals surface area contributed by atoms with Gasteiger partial charge in [0.25, 0.3) is 0 Å². The van der Waals surface area contributed by atoms with Crippen molar-refractivity contribution in [1.29, 1.82) is 0 Å². The first-order chi connectivity index (χ1) is 9.50. The summed E-state index contributed by atoms with van der Waals surface area (Å²) in [6.07, 6.45) is 0. The van der Waals surface area contributed by atoms with Crippen LogP contribution in [0.25, 0.3) is 21.5 Å². The Bertz CT molecular complexity index is 830. The van der Waals surface area contributed by atoms with E-state index in [9.17, 15) is 9.90 Å². The maximum Gasteiger partial charge on any atom is 0.347 e. The minimum Gasteiger partial charge on any atom is -0.477 e. The van der Waals surface area contributed by atoms with Crippen LogP contribution in [-0.2, 0) is 7.05 Å². The fraction of sp³-hybridized carbons (Fsp3) is 0.200. The number of carboxylic acid groups (broad SMARTS) is 1. The summed E-state index contributed by atoms with van der Waals surface area (Å²) in [5.74, 6) is -0.913. The number of carboxylic acids is 1. The van der Waals surface area contributed by atoms with E-state index in [1.54, 1.807) is 6.92 Å². The van der Waals surface area contributed by atoms with E-state index in [1.807, 2.05) is 26.1 Å². The Labute approximate surface area is 120 Å². The van der Waals surface area contributed by atoms with Crippen molar-refractivity contribution in [1.82, 2.24) is 9.55 Å². The van der Waals surface area contributed by atoms with Crippen molar-refractivity contribution >= 4 is 28.2 Å². The van der Waals surface area contributed by atoms with Crippen molar-refractivity contribution < 1.29 is 9.90 Å². The van der Waals surface area contributed by atoms with Crippen LogP contribution in [0.5, 0.6) is 0 Å². The molecule has 0 aliphatic rings. The lowest BCUT2D eigenvalue weighted by atomic mass is 10.1. The van der Waals surface area contributed by atoms with Gasteiger partial charge in [0.05, 0.1) is 5.69 Å². The van der Waals surface area contributed by atoms with Crippen LogP contribution in [0.15, 0.2) is 24.3 Å². The van der Waals surface area contributed by atoms with Crippen LogP contribution >= 0.6 is 11.3 Å². The number of benzene rings is 1. The van der Waals surface area contributed by atoms with Crippen molar-refractivity contribution in [2.45, 2.75) is 13.8 Å². The van der Waals surface area contributed by atoms with Crippen molar-refractivity contribution in [3.63, 3.8) is 0 Å². The van der Waals surface area contributed by atoms with Gasteiger partial charge in [0, 0.05) is 29.2 Å². The second-order valence-electron chi connectivity index (χ2n) is 4.78. The van der Waals surface area contributed by atoms with Gasteiger partial charge in [0.15, 0.2) is 0 Å². The summed E-state index contributed by atoms with van der Waals surface area (Å²) in [6, 6.07) is 8.10. The van der Waals surface area contributed by atoms with E-state index in [0.717, 1.165) is 27.2 Å². The fourth-order valence-electron chi connectivity index (χ4n) is 2.49. The molecule has 102 valence electrons. The van der Waals surface area contributed by atoms with Gasteiger partial charge in [-0.3, -0.25) is 0 Å². The number of aromatic carboxylic acids is 1. The molecule has 3 aromatic rings. The van der Waals surface area contributed by atoms with E-state index in [4.69, 9.17) is 0 Å². The number of nitrogens with zero attached hydrogens (tertiary/aromatic N) is 2. The van der Waals surface area contributed by atoms with Gasteiger partial charge in [0.1, 0.15) is 9.88 Å². The molecule has 0 unspecified atom stereocenters. The Morgan fingerprint density at radius 3 is 2.65 bits per heavy atom. The van der Waals surface area contributed by atoms with E-state index in [2.05, 4.69) is 21.7 Å². The zero-order valence-electron chi connectivity index (χ0n) is 11.5. The molecule has 1 N–H and O–H groups in total. The number of para-hydroxylation sites is 1. The number of fused-ring (bicyclic) bond motifs is 1. The van der Waals surface area contributed by atoms with Gasteiger partial charge in [-0.1, -0.05) is 18.2 Å². The molecule has 0 fully saturated rings. The fourth-order valence-corrected chi connectivity index (χ4v) is 3.51. The van der Waals surface area contributed by atoms with Gasteiger partial charge in [0.2, 0.25) is 0 Å². The average Bonchev–Trinajstić information content (AvgIpc) is 2.90. The SMILES string of the molecule is Cc1nc(-c2c(C)n(C)c3ccccc23)sc1C(=O)O. The number of rotatable bonds is 2. The van der Waals surface area contributed by atoms with Crippen molar-refractivity contribution in [2.24, 2.45) is 7.05 Å². The smallest absolute Gasteiger partial charge is 0.347 e. The number of carbonyl (C=O) groups is 1. The van der Waals surface area contributed by atoms with E-state index < -0.39 is 5.97 Å². The normalized spacial score (nSPS) is 11.2. The Morgan fingerprint density at radius 2 is 2.00 bits per heavy atom. The number of aryl methyl sites for hydroxylation is 2. The third kappa shape index (κ3) is 1.74. The summed E-state index contributed by atoms with van der Waals surface area (Å²) in [4.78, 5) is 15.9. The maximum atomic E-state index is 11.2. The summed E-state index contributed by atoms with van der Waals surface area (Å²) in [5, 5.41) is 11.1. The highest BCUT2D eigenvalue weighted by atomic mass is 32.1. The molecule has 2 aromatic heterocycles. The third-order valence-corrected chi connectivity index (χ3v) is 4.77. The Hall–Kier alpha value is -2.14. The first-order valence-corrected chi connectivity index (χ1v) is 7.07. The second-order valence-corrected chi connectivity index (χ2v) is 5.77. The van der Waals surface area contributed by atoms with E-state index in [-0.39, 0.29) is 0 Å². The van der Waals surface area contributed by atoms with Gasteiger partial charge in [-0.2, -0.15) is 0 Å². The molecule has 20 heavy (non-hydrogen) atoms. The van der Waals surface area contributed by atoms with Gasteiger partial charge in [-0.25, -0.2) is 9.78 Å². The van der Waals surface area contributed by atoms with Gasteiger partial charge in [-0.05, 0) is 19.9 Å². The Kier molecular flexibility index (Phi) is 2.87. The summed E-state index contributed by atoms with van der Waals surface area (Å²) in [7, 11) is 2.01. The molecule has 0 amide bonds.